The first-order valence-corrected chi connectivity index (χ1v) is 8.25. The largest absolute Gasteiger partial charge is 0.508 e. The average molecular weight is 321 g/mol. The minimum Gasteiger partial charge on any atom is -0.508 e. The van der Waals surface area contributed by atoms with Gasteiger partial charge in [0.1, 0.15) is 12.0 Å². The van der Waals surface area contributed by atoms with Gasteiger partial charge in [-0.2, -0.15) is 11.8 Å². The highest BCUT2D eigenvalue weighted by Crippen LogP contribution is 2.17. The lowest BCUT2D eigenvalue weighted by molar-refractivity contribution is 0.0951. The molecule has 0 aliphatic heterocycles. The summed E-state index contributed by atoms with van der Waals surface area (Å²) >= 11 is 1.65. The number of nitrogens with zero attached hydrogens (tertiary/aromatic N) is 1. The molecule has 4 N–H and O–H groups in total. The minimum atomic E-state index is -0.447. The molecule has 1 atom stereocenters. The topological polar surface area (TPSA) is 101 Å². The number of phenols is 1. The molecule has 0 radical (unpaired) electrons. The van der Waals surface area contributed by atoms with E-state index in [1.165, 1.54) is 6.26 Å². The number of benzene rings is 1. The summed E-state index contributed by atoms with van der Waals surface area (Å²) in [5, 5.41) is 12.0. The Morgan fingerprint density at radius 2 is 2.18 bits per heavy atom. The van der Waals surface area contributed by atoms with Crippen LogP contribution in [0.2, 0.25) is 0 Å². The fraction of sp³-hybridized carbons (Fsp3) is 0.333. The van der Waals surface area contributed by atoms with Gasteiger partial charge in [-0.05, 0) is 30.4 Å². The predicted octanol–water partition coefficient (Wildman–Crippen LogP) is 1.72. The summed E-state index contributed by atoms with van der Waals surface area (Å²) in [6, 6.07) is 6.32. The molecule has 7 heteroatoms. The van der Waals surface area contributed by atoms with Gasteiger partial charge in [0.05, 0.1) is 6.04 Å². The van der Waals surface area contributed by atoms with Gasteiger partial charge in [-0.3, -0.25) is 4.79 Å². The third-order valence-corrected chi connectivity index (χ3v) is 3.67. The molecule has 1 aromatic carbocycles. The molecule has 0 bridgehead atoms. The molecular formula is C15H19N3O3S. The average Bonchev–Trinajstić information content (AvgIpc) is 3.00. The number of thioether (sulfide) groups is 1. The van der Waals surface area contributed by atoms with Crippen LogP contribution >= 0.6 is 11.8 Å². The second kappa shape index (κ2) is 7.86. The number of rotatable bonds is 7. The van der Waals surface area contributed by atoms with E-state index in [0.717, 1.165) is 11.3 Å². The Balaban J connectivity index is 1.95. The Morgan fingerprint density at radius 3 is 2.86 bits per heavy atom. The van der Waals surface area contributed by atoms with Crippen molar-refractivity contribution in [1.29, 1.82) is 0 Å². The van der Waals surface area contributed by atoms with Crippen molar-refractivity contribution in [3.63, 3.8) is 0 Å². The van der Waals surface area contributed by atoms with E-state index in [1.54, 1.807) is 36.0 Å². The molecular weight excluding hydrogens is 302 g/mol. The molecule has 0 saturated heterocycles. The summed E-state index contributed by atoms with van der Waals surface area (Å²) in [5.41, 5.74) is 7.23. The fourth-order valence-corrected chi connectivity index (χ4v) is 2.20. The fourth-order valence-electron chi connectivity index (χ4n) is 1.89. The van der Waals surface area contributed by atoms with Crippen LogP contribution in [-0.2, 0) is 6.42 Å². The molecule has 1 unspecified atom stereocenters. The molecule has 2 rings (SSSR count). The lowest BCUT2D eigenvalue weighted by atomic mass is 10.1. The van der Waals surface area contributed by atoms with Gasteiger partial charge in [0.2, 0.25) is 5.89 Å². The highest BCUT2D eigenvalue weighted by atomic mass is 32.2. The zero-order valence-electron chi connectivity index (χ0n) is 12.3. The van der Waals surface area contributed by atoms with Crippen molar-refractivity contribution in [3.8, 4) is 5.75 Å². The molecule has 0 aliphatic rings. The Hall–Kier alpha value is -1.99. The van der Waals surface area contributed by atoms with Gasteiger partial charge in [0.25, 0.3) is 5.91 Å². The number of nitrogens with two attached hydrogens (primary N) is 1. The number of carbonyl (C=O) groups excluding carboxylic acids is 1. The van der Waals surface area contributed by atoms with E-state index in [1.807, 2.05) is 6.26 Å². The number of carbonyl (C=O) groups is 1. The zero-order chi connectivity index (χ0) is 15.9. The van der Waals surface area contributed by atoms with Crippen molar-refractivity contribution in [2.45, 2.75) is 12.5 Å². The van der Waals surface area contributed by atoms with Crippen molar-refractivity contribution in [2.24, 2.45) is 5.73 Å². The number of hydrogen-bond donors (Lipinski definition) is 3. The van der Waals surface area contributed by atoms with Crippen LogP contribution in [0.25, 0.3) is 0 Å². The van der Waals surface area contributed by atoms with Crippen LogP contribution < -0.4 is 11.1 Å². The van der Waals surface area contributed by atoms with Gasteiger partial charge in [-0.1, -0.05) is 12.1 Å². The van der Waals surface area contributed by atoms with Crippen molar-refractivity contribution in [1.82, 2.24) is 10.3 Å². The first-order valence-electron chi connectivity index (χ1n) is 6.86. The van der Waals surface area contributed by atoms with Crippen LogP contribution in [0.1, 0.15) is 28.0 Å². The molecule has 2 aromatic rings. The van der Waals surface area contributed by atoms with Gasteiger partial charge >= 0.3 is 0 Å². The van der Waals surface area contributed by atoms with Gasteiger partial charge in [0.15, 0.2) is 5.69 Å². The maximum Gasteiger partial charge on any atom is 0.273 e. The number of aromatic nitrogens is 1. The first-order chi connectivity index (χ1) is 10.6. The van der Waals surface area contributed by atoms with Crippen molar-refractivity contribution < 1.29 is 14.3 Å². The summed E-state index contributed by atoms with van der Waals surface area (Å²) in [6.07, 6.45) is 3.80. The number of amides is 1. The van der Waals surface area contributed by atoms with Gasteiger partial charge in [0, 0.05) is 12.3 Å². The van der Waals surface area contributed by atoms with Gasteiger partial charge in [-0.25, -0.2) is 4.98 Å². The van der Waals surface area contributed by atoms with Crippen molar-refractivity contribution >= 4 is 17.7 Å². The molecule has 0 aliphatic carbocycles. The SMILES string of the molecule is CSCCNC(=O)c1coc(C(N)Cc2ccc(O)cc2)n1. The highest BCUT2D eigenvalue weighted by Gasteiger charge is 2.17. The van der Waals surface area contributed by atoms with Crippen LogP contribution in [0.4, 0.5) is 0 Å². The quantitative estimate of drug-likeness (QED) is 0.671. The monoisotopic (exact) mass is 321 g/mol. The molecule has 118 valence electrons. The summed E-state index contributed by atoms with van der Waals surface area (Å²) < 4.78 is 5.30. The van der Waals surface area contributed by atoms with Crippen LogP contribution in [0.15, 0.2) is 34.9 Å². The summed E-state index contributed by atoms with van der Waals surface area (Å²) in [5.74, 6) is 1.11. The Morgan fingerprint density at radius 1 is 1.45 bits per heavy atom. The van der Waals surface area contributed by atoms with Crippen LogP contribution in [-0.4, -0.2) is 34.6 Å². The summed E-state index contributed by atoms with van der Waals surface area (Å²) in [4.78, 5) is 16.0. The van der Waals surface area contributed by atoms with E-state index >= 15 is 0 Å². The van der Waals surface area contributed by atoms with E-state index in [0.29, 0.717) is 18.9 Å². The van der Waals surface area contributed by atoms with E-state index in [2.05, 4.69) is 10.3 Å². The second-order valence-corrected chi connectivity index (χ2v) is 5.78. The number of nitrogens with one attached hydrogen (secondary N) is 1. The summed E-state index contributed by atoms with van der Waals surface area (Å²) in [7, 11) is 0. The minimum absolute atomic E-state index is 0.206. The maximum absolute atomic E-state index is 11.8. The van der Waals surface area contributed by atoms with Crippen LogP contribution in [0, 0.1) is 0 Å². The lowest BCUT2D eigenvalue weighted by Gasteiger charge is -2.07. The van der Waals surface area contributed by atoms with Crippen LogP contribution in [0.3, 0.4) is 0 Å². The Bertz CT molecular complexity index is 613. The second-order valence-electron chi connectivity index (χ2n) is 4.80. The molecule has 0 fully saturated rings. The predicted molar refractivity (Wildman–Crippen MR) is 86.0 cm³/mol. The van der Waals surface area contributed by atoms with Gasteiger partial charge < -0.3 is 20.6 Å². The van der Waals surface area contributed by atoms with E-state index in [9.17, 15) is 9.90 Å². The van der Waals surface area contributed by atoms with Gasteiger partial charge in [-0.15, -0.1) is 0 Å². The molecule has 1 heterocycles. The number of phenolic OH excluding ortho intramolecular Hbond substituents is 1. The zero-order valence-corrected chi connectivity index (χ0v) is 13.1. The standard InChI is InChI=1S/C15H19N3O3S/c1-22-7-6-17-14(20)13-9-21-15(18-13)12(16)8-10-2-4-11(19)5-3-10/h2-5,9,12,19H,6-8,16H2,1H3,(H,17,20). The molecule has 0 saturated carbocycles. The first kappa shape index (κ1) is 16.4. The molecule has 1 amide bonds. The normalized spacial score (nSPS) is 12.1. The summed E-state index contributed by atoms with van der Waals surface area (Å²) in [6.45, 7) is 0.585. The maximum atomic E-state index is 11.8. The molecule has 6 nitrogen and oxygen atoms in total. The molecule has 1 aromatic heterocycles. The molecule has 22 heavy (non-hydrogen) atoms. The Kier molecular flexibility index (Phi) is 5.85. The number of oxazole rings is 1. The smallest absolute Gasteiger partial charge is 0.273 e. The van der Waals surface area contributed by atoms with Crippen molar-refractivity contribution in [2.75, 3.05) is 18.6 Å². The third kappa shape index (κ3) is 4.51. The number of hydrogen-bond acceptors (Lipinski definition) is 6. The van der Waals surface area contributed by atoms with E-state index in [-0.39, 0.29) is 17.4 Å². The van der Waals surface area contributed by atoms with E-state index in [4.69, 9.17) is 10.2 Å². The third-order valence-electron chi connectivity index (χ3n) is 3.06. The number of aromatic hydroxyl groups is 1. The Labute approximate surface area is 133 Å². The highest BCUT2D eigenvalue weighted by molar-refractivity contribution is 7.98. The lowest BCUT2D eigenvalue weighted by Crippen LogP contribution is -2.26. The molecule has 0 spiro atoms. The van der Waals surface area contributed by atoms with Crippen LogP contribution in [0.5, 0.6) is 5.75 Å². The van der Waals surface area contributed by atoms with E-state index < -0.39 is 6.04 Å². The van der Waals surface area contributed by atoms with Crippen molar-refractivity contribution in [3.05, 3.63) is 47.7 Å².